The molecule has 2 heterocycles. The summed E-state index contributed by atoms with van der Waals surface area (Å²) in [4.78, 5) is 26.1. The lowest BCUT2D eigenvalue weighted by molar-refractivity contribution is -0.137. The van der Waals surface area contributed by atoms with Crippen molar-refractivity contribution >= 4 is 28.6 Å². The van der Waals surface area contributed by atoms with E-state index >= 15 is 0 Å². The Labute approximate surface area is 183 Å². The number of para-hydroxylation sites is 2. The average molecular weight is 441 g/mol. The number of fused-ring (bicyclic) bond motifs is 1. The summed E-state index contributed by atoms with van der Waals surface area (Å²) in [5.41, 5.74) is 0.850. The third-order valence-corrected chi connectivity index (χ3v) is 5.77. The van der Waals surface area contributed by atoms with Crippen LogP contribution >= 0.6 is 0 Å². The highest BCUT2D eigenvalue weighted by atomic mass is 19.4. The van der Waals surface area contributed by atoms with Gasteiger partial charge in [-0.15, -0.1) is 0 Å². The zero-order valence-electron chi connectivity index (χ0n) is 17.3. The van der Waals surface area contributed by atoms with Gasteiger partial charge in [0.15, 0.2) is 11.6 Å². The highest BCUT2D eigenvalue weighted by Crippen LogP contribution is 2.32. The second-order valence-electron chi connectivity index (χ2n) is 8.16. The lowest BCUT2D eigenvalue weighted by Crippen LogP contribution is -2.49. The summed E-state index contributed by atoms with van der Waals surface area (Å²) < 4.78 is 39.0. The number of rotatable bonds is 4. The summed E-state index contributed by atoms with van der Waals surface area (Å²) in [6.45, 7) is 1.84. The molecule has 9 heteroatoms. The van der Waals surface area contributed by atoms with Crippen molar-refractivity contribution in [1.82, 2.24) is 14.9 Å². The fraction of sp³-hybridized carbons (Fsp3) is 0.348. The van der Waals surface area contributed by atoms with E-state index in [1.54, 1.807) is 4.90 Å². The van der Waals surface area contributed by atoms with Crippen LogP contribution in [0.4, 0.5) is 24.8 Å². The number of nitrogens with one attached hydrogen (secondary N) is 1. The predicted octanol–water partition coefficient (Wildman–Crippen LogP) is 4.19. The number of halogens is 3. The summed E-state index contributed by atoms with van der Waals surface area (Å²) >= 11 is 0. The third kappa shape index (κ3) is 4.19. The van der Waals surface area contributed by atoms with Crippen molar-refractivity contribution in [3.05, 3.63) is 59.7 Å². The van der Waals surface area contributed by atoms with Gasteiger partial charge in [0, 0.05) is 37.8 Å². The summed E-state index contributed by atoms with van der Waals surface area (Å²) in [6, 6.07) is 12.7. The lowest BCUT2D eigenvalue weighted by atomic mass is 10.1. The number of anilines is 2. The molecule has 1 N–H and O–H groups in total. The van der Waals surface area contributed by atoms with Gasteiger partial charge in [-0.05, 0) is 43.2 Å². The Kier molecular flexibility index (Phi) is 5.11. The van der Waals surface area contributed by atoms with E-state index in [0.29, 0.717) is 32.2 Å². The molecule has 32 heavy (non-hydrogen) atoms. The maximum atomic E-state index is 13.0. The van der Waals surface area contributed by atoms with Gasteiger partial charge in [-0.2, -0.15) is 13.2 Å². The fourth-order valence-corrected chi connectivity index (χ4v) is 3.86. The Morgan fingerprint density at radius 2 is 1.62 bits per heavy atom. The van der Waals surface area contributed by atoms with Crippen LogP contribution in [0, 0.1) is 0 Å². The van der Waals surface area contributed by atoms with Gasteiger partial charge in [0.2, 0.25) is 0 Å². The molecule has 1 aromatic heterocycles. The standard InChI is InChI=1S/C23H22F3N5O/c24-23(25,26)16-5-3-4-15(14-16)22(32)31-12-10-30(11-13-31)21-20(27-17-8-9-17)28-18-6-1-2-7-19(18)29-21/h1-7,14,17H,8-13H2,(H,27,28). The Morgan fingerprint density at radius 1 is 0.938 bits per heavy atom. The van der Waals surface area contributed by atoms with Crippen molar-refractivity contribution in [3.63, 3.8) is 0 Å². The number of nitrogens with zero attached hydrogens (tertiary/aromatic N) is 4. The molecule has 0 spiro atoms. The molecule has 1 aliphatic carbocycles. The van der Waals surface area contributed by atoms with E-state index in [2.05, 4.69) is 10.2 Å². The molecular formula is C23H22F3N5O. The van der Waals surface area contributed by atoms with Crippen LogP contribution in [0.25, 0.3) is 11.0 Å². The zero-order chi connectivity index (χ0) is 22.3. The van der Waals surface area contributed by atoms with Crippen LogP contribution < -0.4 is 10.2 Å². The second-order valence-corrected chi connectivity index (χ2v) is 8.16. The first-order chi connectivity index (χ1) is 15.4. The van der Waals surface area contributed by atoms with E-state index in [1.165, 1.54) is 12.1 Å². The lowest BCUT2D eigenvalue weighted by Gasteiger charge is -2.36. The van der Waals surface area contributed by atoms with Crippen LogP contribution in [0.15, 0.2) is 48.5 Å². The highest BCUT2D eigenvalue weighted by Gasteiger charge is 2.32. The monoisotopic (exact) mass is 441 g/mol. The normalized spacial score (nSPS) is 17.0. The van der Waals surface area contributed by atoms with Crippen LogP contribution in [-0.4, -0.2) is 53.0 Å². The minimum absolute atomic E-state index is 0.0508. The molecule has 1 aliphatic heterocycles. The molecule has 2 aliphatic rings. The van der Waals surface area contributed by atoms with Gasteiger partial charge in [-0.1, -0.05) is 18.2 Å². The maximum absolute atomic E-state index is 13.0. The molecule has 2 fully saturated rings. The van der Waals surface area contributed by atoms with Gasteiger partial charge >= 0.3 is 6.18 Å². The van der Waals surface area contributed by atoms with E-state index in [9.17, 15) is 18.0 Å². The Balaban J connectivity index is 1.33. The SMILES string of the molecule is O=C(c1cccc(C(F)(F)F)c1)N1CCN(c2nc3ccccc3nc2NC2CC2)CC1. The largest absolute Gasteiger partial charge is 0.416 e. The first-order valence-electron chi connectivity index (χ1n) is 10.6. The van der Waals surface area contributed by atoms with Gasteiger partial charge < -0.3 is 15.1 Å². The van der Waals surface area contributed by atoms with Crippen molar-refractivity contribution in [2.24, 2.45) is 0 Å². The first-order valence-corrected chi connectivity index (χ1v) is 10.6. The average Bonchev–Trinajstić information content (AvgIpc) is 3.62. The molecule has 0 radical (unpaired) electrons. The van der Waals surface area contributed by atoms with Crippen molar-refractivity contribution in [2.75, 3.05) is 36.4 Å². The van der Waals surface area contributed by atoms with Gasteiger partial charge in [-0.3, -0.25) is 4.79 Å². The number of carbonyl (C=O) groups excluding carboxylic acids is 1. The number of amides is 1. The predicted molar refractivity (Wildman–Crippen MR) is 116 cm³/mol. The Morgan fingerprint density at radius 3 is 2.28 bits per heavy atom. The molecule has 1 saturated carbocycles. The molecule has 1 amide bonds. The van der Waals surface area contributed by atoms with Gasteiger partial charge in [0.1, 0.15) is 0 Å². The molecule has 0 bridgehead atoms. The fourth-order valence-electron chi connectivity index (χ4n) is 3.86. The molecule has 0 unspecified atom stereocenters. The van der Waals surface area contributed by atoms with Crippen LogP contribution in [-0.2, 0) is 6.18 Å². The number of carbonyl (C=O) groups is 1. The smallest absolute Gasteiger partial charge is 0.364 e. The molecule has 0 atom stereocenters. The van der Waals surface area contributed by atoms with Gasteiger partial charge in [0.05, 0.1) is 16.6 Å². The number of alkyl halides is 3. The molecule has 5 rings (SSSR count). The third-order valence-electron chi connectivity index (χ3n) is 5.77. The van der Waals surface area contributed by atoms with Crippen LogP contribution in [0.2, 0.25) is 0 Å². The van der Waals surface area contributed by atoms with Crippen molar-refractivity contribution < 1.29 is 18.0 Å². The maximum Gasteiger partial charge on any atom is 0.416 e. The van der Waals surface area contributed by atoms with Crippen molar-refractivity contribution in [3.8, 4) is 0 Å². The number of benzene rings is 2. The van der Waals surface area contributed by atoms with Crippen LogP contribution in [0.5, 0.6) is 0 Å². The topological polar surface area (TPSA) is 61.4 Å². The van der Waals surface area contributed by atoms with E-state index in [0.717, 1.165) is 47.6 Å². The number of hydrogen-bond donors (Lipinski definition) is 1. The Bertz CT molecular complexity index is 1150. The van der Waals surface area contributed by atoms with Crippen molar-refractivity contribution in [2.45, 2.75) is 25.1 Å². The summed E-state index contributed by atoms with van der Waals surface area (Å²) in [7, 11) is 0. The Hall–Kier alpha value is -3.36. The first kappa shape index (κ1) is 20.5. The molecule has 166 valence electrons. The van der Waals surface area contributed by atoms with E-state index in [1.807, 2.05) is 24.3 Å². The minimum atomic E-state index is -4.48. The minimum Gasteiger partial charge on any atom is -0.364 e. The summed E-state index contributed by atoms with van der Waals surface area (Å²) in [5, 5.41) is 3.45. The summed E-state index contributed by atoms with van der Waals surface area (Å²) in [5.74, 6) is 1.10. The number of piperazine rings is 1. The van der Waals surface area contributed by atoms with Crippen LogP contribution in [0.1, 0.15) is 28.8 Å². The molecule has 2 aromatic carbocycles. The van der Waals surface area contributed by atoms with E-state index < -0.39 is 17.6 Å². The van der Waals surface area contributed by atoms with Gasteiger partial charge in [0.25, 0.3) is 5.91 Å². The quantitative estimate of drug-likeness (QED) is 0.658. The molecule has 1 saturated heterocycles. The number of hydrogen-bond acceptors (Lipinski definition) is 5. The molecule has 6 nitrogen and oxygen atoms in total. The van der Waals surface area contributed by atoms with Gasteiger partial charge in [-0.25, -0.2) is 9.97 Å². The van der Waals surface area contributed by atoms with Crippen molar-refractivity contribution in [1.29, 1.82) is 0 Å². The van der Waals surface area contributed by atoms with Crippen LogP contribution in [0.3, 0.4) is 0 Å². The highest BCUT2D eigenvalue weighted by molar-refractivity contribution is 5.94. The van der Waals surface area contributed by atoms with E-state index in [-0.39, 0.29) is 5.56 Å². The zero-order valence-corrected chi connectivity index (χ0v) is 17.3. The summed E-state index contributed by atoms with van der Waals surface area (Å²) in [6.07, 6.45) is -2.27. The van der Waals surface area contributed by atoms with E-state index in [4.69, 9.17) is 9.97 Å². The second kappa shape index (κ2) is 7.96. The molecular weight excluding hydrogens is 419 g/mol. The molecule has 3 aromatic rings. The number of aromatic nitrogens is 2.